The van der Waals surface area contributed by atoms with E-state index in [4.69, 9.17) is 9.47 Å². The van der Waals surface area contributed by atoms with E-state index in [0.29, 0.717) is 30.0 Å². The normalized spacial score (nSPS) is 16.8. The zero-order valence-electron chi connectivity index (χ0n) is 17.4. The Morgan fingerprint density at radius 3 is 2.68 bits per heavy atom. The van der Waals surface area contributed by atoms with E-state index in [1.807, 2.05) is 13.0 Å². The van der Waals surface area contributed by atoms with Crippen LogP contribution in [0.25, 0.3) is 10.9 Å². The molecule has 1 aromatic heterocycles. The Hall–Kier alpha value is -2.68. The number of fused-ring (bicyclic) bond motifs is 1. The zero-order chi connectivity index (χ0) is 21.8. The molecule has 1 atom stereocenters. The van der Waals surface area contributed by atoms with Gasteiger partial charge in [-0.15, -0.1) is 0 Å². The van der Waals surface area contributed by atoms with Gasteiger partial charge in [0.1, 0.15) is 5.75 Å². The van der Waals surface area contributed by atoms with Gasteiger partial charge >= 0.3 is 0 Å². The predicted octanol–water partition coefficient (Wildman–Crippen LogP) is 3.30. The van der Waals surface area contributed by atoms with Gasteiger partial charge in [0.05, 0.1) is 17.6 Å². The van der Waals surface area contributed by atoms with Crippen LogP contribution in [-0.2, 0) is 21.3 Å². The summed E-state index contributed by atoms with van der Waals surface area (Å²) in [6.45, 7) is 3.22. The van der Waals surface area contributed by atoms with Crippen molar-refractivity contribution in [2.45, 2.75) is 37.3 Å². The van der Waals surface area contributed by atoms with Crippen molar-refractivity contribution in [3.63, 3.8) is 0 Å². The summed E-state index contributed by atoms with van der Waals surface area (Å²) in [5, 5.41) is 0.787. The average Bonchev–Trinajstić information content (AvgIpc) is 3.28. The summed E-state index contributed by atoms with van der Waals surface area (Å²) in [6, 6.07) is 15.4. The van der Waals surface area contributed by atoms with Crippen molar-refractivity contribution in [3.8, 4) is 5.75 Å². The van der Waals surface area contributed by atoms with Crippen molar-refractivity contribution in [1.29, 1.82) is 0 Å². The maximum Gasteiger partial charge on any atom is 0.252 e. The number of pyridine rings is 1. The standard InChI is InChI=1S/C23H26N2O5S/c1-2-29-19-10-11-22-17(14-19)13-18(23(26)24-22)15-25(16-20-7-6-12-30-20)31(27,28)21-8-4-3-5-9-21/h3-5,8-11,13-14,20H,2,6-7,12,15-16H2,1H3,(H,24,26). The first-order valence-electron chi connectivity index (χ1n) is 10.4. The van der Waals surface area contributed by atoms with Crippen molar-refractivity contribution in [2.75, 3.05) is 19.8 Å². The third-order valence-electron chi connectivity index (χ3n) is 5.36. The van der Waals surface area contributed by atoms with Crippen molar-refractivity contribution in [2.24, 2.45) is 0 Å². The Morgan fingerprint density at radius 1 is 1.16 bits per heavy atom. The monoisotopic (exact) mass is 442 g/mol. The van der Waals surface area contributed by atoms with Crippen LogP contribution in [0.1, 0.15) is 25.3 Å². The number of hydrogen-bond acceptors (Lipinski definition) is 5. The Morgan fingerprint density at radius 2 is 1.97 bits per heavy atom. The second-order valence-electron chi connectivity index (χ2n) is 7.55. The second kappa shape index (κ2) is 9.21. The fraction of sp³-hybridized carbons (Fsp3) is 0.348. The van der Waals surface area contributed by atoms with Crippen molar-refractivity contribution >= 4 is 20.9 Å². The Bertz CT molecular complexity index is 1200. The van der Waals surface area contributed by atoms with E-state index in [9.17, 15) is 13.2 Å². The largest absolute Gasteiger partial charge is 0.494 e. The lowest BCUT2D eigenvalue weighted by molar-refractivity contribution is 0.0925. The molecule has 1 aliphatic rings. The molecular weight excluding hydrogens is 416 g/mol. The van der Waals surface area contributed by atoms with Crippen molar-refractivity contribution in [3.05, 3.63) is 70.5 Å². The molecule has 0 bridgehead atoms. The first kappa shape index (κ1) is 21.5. The predicted molar refractivity (Wildman–Crippen MR) is 119 cm³/mol. The van der Waals surface area contributed by atoms with Crippen LogP contribution in [0.3, 0.4) is 0 Å². The Balaban J connectivity index is 1.71. The molecule has 0 saturated carbocycles. The van der Waals surface area contributed by atoms with Crippen molar-refractivity contribution in [1.82, 2.24) is 9.29 Å². The van der Waals surface area contributed by atoms with Crippen LogP contribution in [0.2, 0.25) is 0 Å². The minimum absolute atomic E-state index is 0.0405. The number of benzene rings is 2. The van der Waals surface area contributed by atoms with Gasteiger partial charge in [0.25, 0.3) is 5.56 Å². The van der Waals surface area contributed by atoms with E-state index in [1.165, 1.54) is 4.31 Å². The maximum absolute atomic E-state index is 13.4. The number of rotatable bonds is 8. The third kappa shape index (κ3) is 4.81. The lowest BCUT2D eigenvalue weighted by Crippen LogP contribution is -2.38. The van der Waals surface area contributed by atoms with Crippen LogP contribution < -0.4 is 10.3 Å². The number of aromatic amines is 1. The quantitative estimate of drug-likeness (QED) is 0.578. The fourth-order valence-electron chi connectivity index (χ4n) is 3.80. The molecule has 0 spiro atoms. The number of sulfonamides is 1. The summed E-state index contributed by atoms with van der Waals surface area (Å²) in [5.74, 6) is 0.695. The van der Waals surface area contributed by atoms with Gasteiger partial charge in [0, 0.05) is 36.2 Å². The minimum Gasteiger partial charge on any atom is -0.494 e. The number of nitrogens with one attached hydrogen (secondary N) is 1. The smallest absolute Gasteiger partial charge is 0.252 e. The molecule has 1 N–H and O–H groups in total. The summed E-state index contributed by atoms with van der Waals surface area (Å²) in [7, 11) is -3.80. The van der Waals surface area contributed by atoms with Gasteiger partial charge in [-0.2, -0.15) is 4.31 Å². The molecule has 1 aliphatic heterocycles. The van der Waals surface area contributed by atoms with Gasteiger partial charge in [-0.05, 0) is 56.2 Å². The highest BCUT2D eigenvalue weighted by atomic mass is 32.2. The number of nitrogens with zero attached hydrogens (tertiary/aromatic N) is 1. The van der Waals surface area contributed by atoms with Crippen LogP contribution in [-0.4, -0.2) is 43.6 Å². The molecule has 0 aliphatic carbocycles. The summed E-state index contributed by atoms with van der Waals surface area (Å²) in [4.78, 5) is 15.8. The fourth-order valence-corrected chi connectivity index (χ4v) is 5.27. The number of ether oxygens (including phenoxy) is 2. The third-order valence-corrected chi connectivity index (χ3v) is 7.19. The first-order chi connectivity index (χ1) is 15.0. The van der Waals surface area contributed by atoms with E-state index in [2.05, 4.69) is 4.98 Å². The Labute approximate surface area is 181 Å². The van der Waals surface area contributed by atoms with Gasteiger partial charge < -0.3 is 14.5 Å². The summed E-state index contributed by atoms with van der Waals surface area (Å²) >= 11 is 0. The number of hydrogen-bond donors (Lipinski definition) is 1. The SMILES string of the molecule is CCOc1ccc2[nH]c(=O)c(CN(CC3CCCO3)S(=O)(=O)c3ccccc3)cc2c1. The maximum atomic E-state index is 13.4. The molecule has 2 aromatic carbocycles. The average molecular weight is 443 g/mol. The molecule has 31 heavy (non-hydrogen) atoms. The molecule has 164 valence electrons. The van der Waals surface area contributed by atoms with Gasteiger partial charge in [0.2, 0.25) is 10.0 Å². The topological polar surface area (TPSA) is 88.7 Å². The highest BCUT2D eigenvalue weighted by Crippen LogP contribution is 2.23. The molecule has 0 radical (unpaired) electrons. The van der Waals surface area contributed by atoms with Gasteiger partial charge in [-0.25, -0.2) is 8.42 Å². The van der Waals surface area contributed by atoms with E-state index in [-0.39, 0.29) is 29.6 Å². The zero-order valence-corrected chi connectivity index (χ0v) is 18.2. The molecule has 8 heteroatoms. The Kier molecular flexibility index (Phi) is 6.41. The van der Waals surface area contributed by atoms with Gasteiger partial charge in [-0.3, -0.25) is 4.79 Å². The summed E-state index contributed by atoms with van der Waals surface area (Å²) < 4.78 is 39.3. The number of aromatic nitrogens is 1. The summed E-state index contributed by atoms with van der Waals surface area (Å²) in [6.07, 6.45) is 1.52. The molecule has 3 aromatic rings. The van der Waals surface area contributed by atoms with Crippen LogP contribution >= 0.6 is 0 Å². The van der Waals surface area contributed by atoms with E-state index < -0.39 is 10.0 Å². The van der Waals surface area contributed by atoms with Crippen LogP contribution in [0.4, 0.5) is 0 Å². The van der Waals surface area contributed by atoms with Crippen LogP contribution in [0.15, 0.2) is 64.3 Å². The summed E-state index contributed by atoms with van der Waals surface area (Å²) in [5.41, 5.74) is 0.740. The van der Waals surface area contributed by atoms with E-state index in [1.54, 1.807) is 48.5 Å². The number of H-pyrrole nitrogens is 1. The molecule has 1 fully saturated rings. The molecule has 7 nitrogen and oxygen atoms in total. The highest BCUT2D eigenvalue weighted by molar-refractivity contribution is 7.89. The lowest BCUT2D eigenvalue weighted by Gasteiger charge is -2.25. The first-order valence-corrected chi connectivity index (χ1v) is 11.9. The molecule has 4 rings (SSSR count). The second-order valence-corrected chi connectivity index (χ2v) is 9.49. The molecule has 0 amide bonds. The minimum atomic E-state index is -3.80. The lowest BCUT2D eigenvalue weighted by atomic mass is 10.1. The van der Waals surface area contributed by atoms with Gasteiger partial charge in [-0.1, -0.05) is 18.2 Å². The van der Waals surface area contributed by atoms with E-state index >= 15 is 0 Å². The molecule has 1 unspecified atom stereocenters. The van der Waals surface area contributed by atoms with Crippen LogP contribution in [0, 0.1) is 0 Å². The highest BCUT2D eigenvalue weighted by Gasteiger charge is 2.29. The van der Waals surface area contributed by atoms with Crippen molar-refractivity contribution < 1.29 is 17.9 Å². The van der Waals surface area contributed by atoms with Crippen LogP contribution in [0.5, 0.6) is 5.75 Å². The molecule has 2 heterocycles. The molecular formula is C23H26N2O5S. The molecule has 1 saturated heterocycles. The van der Waals surface area contributed by atoms with Gasteiger partial charge in [0.15, 0.2) is 0 Å². The van der Waals surface area contributed by atoms with E-state index in [0.717, 1.165) is 18.2 Å².